The van der Waals surface area contributed by atoms with Crippen LogP contribution in [0.3, 0.4) is 0 Å². The number of benzene rings is 3. The van der Waals surface area contributed by atoms with E-state index in [-0.39, 0.29) is 17.6 Å². The number of fused-ring (bicyclic) bond motifs is 5. The lowest BCUT2D eigenvalue weighted by atomic mass is 9.75. The number of carbonyl (C=O) groups is 4. The molecule has 2 unspecified atom stereocenters. The maximum absolute atomic E-state index is 14.3. The van der Waals surface area contributed by atoms with Crippen LogP contribution >= 0.6 is 0 Å². The van der Waals surface area contributed by atoms with Crippen LogP contribution < -0.4 is 15.5 Å². The van der Waals surface area contributed by atoms with Gasteiger partial charge in [-0.05, 0) is 68.7 Å². The predicted octanol–water partition coefficient (Wildman–Crippen LogP) is 4.16. The first-order valence-electron chi connectivity index (χ1n) is 13.5. The van der Waals surface area contributed by atoms with E-state index in [2.05, 4.69) is 15.6 Å². The van der Waals surface area contributed by atoms with Crippen molar-refractivity contribution in [2.75, 3.05) is 10.2 Å². The largest absolute Gasteiger partial charge is 0.361 e. The first kappa shape index (κ1) is 24.5. The minimum atomic E-state index is -1.38. The van der Waals surface area contributed by atoms with Crippen molar-refractivity contribution in [3.8, 4) is 0 Å². The lowest BCUT2D eigenvalue weighted by molar-refractivity contribution is -0.130. The van der Waals surface area contributed by atoms with Crippen LogP contribution in [0.2, 0.25) is 0 Å². The van der Waals surface area contributed by atoms with Crippen molar-refractivity contribution in [1.29, 1.82) is 0 Å². The van der Waals surface area contributed by atoms with Crippen LogP contribution in [0.4, 0.5) is 11.4 Å². The molecule has 4 atom stereocenters. The highest BCUT2D eigenvalue weighted by Gasteiger charge is 2.70. The molecule has 0 aliphatic carbocycles. The van der Waals surface area contributed by atoms with Gasteiger partial charge < -0.3 is 10.3 Å². The van der Waals surface area contributed by atoms with Gasteiger partial charge in [-0.3, -0.25) is 24.5 Å². The molecule has 1 spiro atoms. The van der Waals surface area contributed by atoms with Gasteiger partial charge in [-0.25, -0.2) is 4.90 Å². The number of amides is 3. The molecule has 2 fully saturated rings. The van der Waals surface area contributed by atoms with E-state index in [1.807, 2.05) is 56.4 Å². The topological polar surface area (TPSA) is 111 Å². The van der Waals surface area contributed by atoms with Crippen LogP contribution in [0.15, 0.2) is 66.9 Å². The Bertz CT molecular complexity index is 1770. The number of anilines is 2. The molecule has 3 amide bonds. The summed E-state index contributed by atoms with van der Waals surface area (Å²) in [5, 5.41) is 7.62. The van der Waals surface area contributed by atoms with Gasteiger partial charge in [-0.2, -0.15) is 0 Å². The number of hydrogen-bond acceptors (Lipinski definition) is 5. The summed E-state index contributed by atoms with van der Waals surface area (Å²) in [5.74, 6) is -2.86. The molecular weight excluding hydrogens is 504 g/mol. The number of aryl methyl sites for hydroxylation is 2. The fourth-order valence-corrected chi connectivity index (χ4v) is 7.07. The fraction of sp³-hybridized carbons (Fsp3) is 0.250. The van der Waals surface area contributed by atoms with E-state index in [4.69, 9.17) is 0 Å². The molecule has 40 heavy (non-hydrogen) atoms. The van der Waals surface area contributed by atoms with Gasteiger partial charge >= 0.3 is 0 Å². The average molecular weight is 533 g/mol. The molecular formula is C32H28N4O4. The van der Waals surface area contributed by atoms with Gasteiger partial charge in [0.1, 0.15) is 5.54 Å². The summed E-state index contributed by atoms with van der Waals surface area (Å²) in [6.07, 6.45) is 2.39. The molecule has 1 aromatic heterocycles. The highest BCUT2D eigenvalue weighted by molar-refractivity contribution is 6.26. The van der Waals surface area contributed by atoms with Crippen LogP contribution in [-0.2, 0) is 26.3 Å². The van der Waals surface area contributed by atoms with Gasteiger partial charge in [0.25, 0.3) is 0 Å². The number of aromatic nitrogens is 1. The fourth-order valence-electron chi connectivity index (χ4n) is 7.07. The zero-order valence-electron chi connectivity index (χ0n) is 22.4. The predicted molar refractivity (Wildman–Crippen MR) is 151 cm³/mol. The standard InChI is InChI=1S/C32H28N4O4/c1-16-12-17(2)28-23(13-16)32(31(40)34-28)27-26(25(35-32)14-20-15-33-24-7-5-4-6-22(20)24)29(38)36(30(27)39)21-10-8-19(9-11-21)18(3)37/h4-13,15,25-27,33,35H,14H2,1-3H3,(H,34,40)/t25?,26-,27+,32?/m1/s1. The molecule has 200 valence electrons. The van der Waals surface area contributed by atoms with Crippen molar-refractivity contribution in [2.45, 2.75) is 38.8 Å². The molecule has 8 nitrogen and oxygen atoms in total. The summed E-state index contributed by atoms with van der Waals surface area (Å²) in [5.41, 5.74) is 4.79. The van der Waals surface area contributed by atoms with E-state index in [9.17, 15) is 19.2 Å². The number of carbonyl (C=O) groups excluding carboxylic acids is 4. The minimum Gasteiger partial charge on any atom is -0.361 e. The monoisotopic (exact) mass is 532 g/mol. The molecule has 0 saturated carbocycles. The Hall–Kier alpha value is -4.56. The van der Waals surface area contributed by atoms with Gasteiger partial charge in [0, 0.05) is 40.0 Å². The Kier molecular flexibility index (Phi) is 5.18. The molecule has 4 aromatic rings. The van der Waals surface area contributed by atoms with Crippen LogP contribution in [0.5, 0.6) is 0 Å². The number of hydrogen-bond donors (Lipinski definition) is 3. The summed E-state index contributed by atoms with van der Waals surface area (Å²) < 4.78 is 0. The number of Topliss-reactive ketones (excluding diaryl/α,β-unsaturated/α-hetero) is 1. The lowest BCUT2D eigenvalue weighted by Crippen LogP contribution is -2.53. The van der Waals surface area contributed by atoms with Gasteiger partial charge in [0.05, 0.1) is 17.5 Å². The molecule has 0 bridgehead atoms. The Morgan fingerprint density at radius 3 is 2.48 bits per heavy atom. The van der Waals surface area contributed by atoms with E-state index in [1.165, 1.54) is 11.8 Å². The molecule has 3 N–H and O–H groups in total. The molecule has 8 heteroatoms. The zero-order chi connectivity index (χ0) is 27.9. The molecule has 3 aliphatic rings. The number of ketones is 1. The maximum Gasteiger partial charge on any atom is 0.250 e. The van der Waals surface area contributed by atoms with Crippen molar-refractivity contribution in [3.05, 3.63) is 94.7 Å². The van der Waals surface area contributed by atoms with E-state index in [0.29, 0.717) is 28.9 Å². The van der Waals surface area contributed by atoms with E-state index in [0.717, 1.165) is 27.6 Å². The minimum absolute atomic E-state index is 0.102. The Labute approximate surface area is 230 Å². The van der Waals surface area contributed by atoms with Crippen molar-refractivity contribution >= 4 is 45.8 Å². The normalized spacial score (nSPS) is 25.1. The summed E-state index contributed by atoms with van der Waals surface area (Å²) in [7, 11) is 0. The molecule has 7 rings (SSSR count). The molecule has 0 radical (unpaired) electrons. The van der Waals surface area contributed by atoms with Crippen LogP contribution in [-0.4, -0.2) is 34.5 Å². The van der Waals surface area contributed by atoms with E-state index >= 15 is 0 Å². The van der Waals surface area contributed by atoms with Gasteiger partial charge in [-0.1, -0.05) is 35.9 Å². The molecule has 4 heterocycles. The van der Waals surface area contributed by atoms with Crippen LogP contribution in [0.25, 0.3) is 10.9 Å². The van der Waals surface area contributed by atoms with Crippen molar-refractivity contribution in [1.82, 2.24) is 10.3 Å². The summed E-state index contributed by atoms with van der Waals surface area (Å²) in [4.78, 5) is 58.7. The van der Waals surface area contributed by atoms with Gasteiger partial charge in [0.15, 0.2) is 5.78 Å². The number of nitrogens with one attached hydrogen (secondary N) is 3. The quantitative estimate of drug-likeness (QED) is 0.270. The van der Waals surface area contributed by atoms with Crippen LogP contribution in [0, 0.1) is 25.7 Å². The van der Waals surface area contributed by atoms with Gasteiger partial charge in [0.2, 0.25) is 17.7 Å². The van der Waals surface area contributed by atoms with Gasteiger partial charge in [-0.15, -0.1) is 0 Å². The van der Waals surface area contributed by atoms with E-state index in [1.54, 1.807) is 24.3 Å². The number of para-hydroxylation sites is 1. The summed E-state index contributed by atoms with van der Waals surface area (Å²) in [6.45, 7) is 5.37. The lowest BCUT2D eigenvalue weighted by Gasteiger charge is -2.30. The highest BCUT2D eigenvalue weighted by atomic mass is 16.2. The summed E-state index contributed by atoms with van der Waals surface area (Å²) in [6, 6.07) is 17.9. The van der Waals surface area contributed by atoms with Crippen molar-refractivity contribution in [2.24, 2.45) is 11.8 Å². The first-order valence-corrected chi connectivity index (χ1v) is 13.5. The third kappa shape index (κ3) is 3.23. The Morgan fingerprint density at radius 1 is 0.975 bits per heavy atom. The second kappa shape index (κ2) is 8.47. The van der Waals surface area contributed by atoms with Crippen molar-refractivity contribution in [3.63, 3.8) is 0 Å². The smallest absolute Gasteiger partial charge is 0.250 e. The molecule has 3 aromatic carbocycles. The Balaban J connectivity index is 1.38. The number of imide groups is 1. The first-order chi connectivity index (χ1) is 19.2. The highest BCUT2D eigenvalue weighted by Crippen LogP contribution is 2.54. The second-order valence-corrected chi connectivity index (χ2v) is 11.2. The average Bonchev–Trinajstić information content (AvgIpc) is 3.64. The number of nitrogens with zero attached hydrogens (tertiary/aromatic N) is 1. The van der Waals surface area contributed by atoms with Crippen molar-refractivity contribution < 1.29 is 19.2 Å². The SMILES string of the molecule is CC(=O)c1ccc(N2C(=O)[C@@H]3C(Cc4c[nH]c5ccccc45)NC4(C(=O)Nc5c(C)cc(C)cc54)[C@@H]3C2=O)cc1. The summed E-state index contributed by atoms with van der Waals surface area (Å²) >= 11 is 0. The maximum atomic E-state index is 14.3. The zero-order valence-corrected chi connectivity index (χ0v) is 22.4. The number of H-pyrrole nitrogens is 1. The third-order valence-electron chi connectivity index (χ3n) is 8.81. The van der Waals surface area contributed by atoms with E-state index < -0.39 is 29.3 Å². The number of aromatic amines is 1. The molecule has 3 aliphatic heterocycles. The Morgan fingerprint density at radius 2 is 1.73 bits per heavy atom. The second-order valence-electron chi connectivity index (χ2n) is 11.2. The molecule has 2 saturated heterocycles. The number of rotatable bonds is 4. The van der Waals surface area contributed by atoms with Crippen LogP contribution in [0.1, 0.15) is 39.5 Å². The third-order valence-corrected chi connectivity index (χ3v) is 8.81.